The fourth-order valence-electron chi connectivity index (χ4n) is 2.35. The molecule has 1 N–H and O–H groups in total. The van der Waals surface area contributed by atoms with E-state index in [2.05, 4.69) is 9.97 Å². The van der Waals surface area contributed by atoms with Gasteiger partial charge in [0, 0.05) is 22.7 Å². The first kappa shape index (κ1) is 15.0. The Labute approximate surface area is 133 Å². The van der Waals surface area contributed by atoms with E-state index in [9.17, 15) is 9.59 Å². The number of pyridine rings is 1. The number of para-hydroxylation sites is 1. The van der Waals surface area contributed by atoms with Crippen molar-refractivity contribution in [1.29, 1.82) is 0 Å². The average molecular weight is 308 g/mol. The van der Waals surface area contributed by atoms with Crippen LogP contribution in [-0.2, 0) is 4.74 Å². The minimum atomic E-state index is -0.534. The summed E-state index contributed by atoms with van der Waals surface area (Å²) in [6, 6.07) is 12.3. The third-order valence-electron chi connectivity index (χ3n) is 3.37. The Bertz CT molecular complexity index is 881. The third-order valence-corrected chi connectivity index (χ3v) is 3.37. The molecular formula is C18H16N2O3. The third kappa shape index (κ3) is 2.99. The van der Waals surface area contributed by atoms with Gasteiger partial charge in [-0.15, -0.1) is 0 Å². The number of H-pyrrole nitrogens is 1. The monoisotopic (exact) mass is 308 g/mol. The largest absolute Gasteiger partial charge is 0.458 e. The van der Waals surface area contributed by atoms with E-state index < -0.39 is 5.97 Å². The molecular weight excluding hydrogens is 292 g/mol. The highest BCUT2D eigenvalue weighted by Crippen LogP contribution is 2.20. The van der Waals surface area contributed by atoms with Crippen LogP contribution >= 0.6 is 0 Å². The highest BCUT2D eigenvalue weighted by molar-refractivity contribution is 6.15. The molecule has 0 saturated heterocycles. The molecule has 0 spiro atoms. The van der Waals surface area contributed by atoms with Crippen LogP contribution in [0, 0.1) is 0 Å². The maximum absolute atomic E-state index is 12.7. The number of carbonyl (C=O) groups excluding carboxylic acids is 2. The molecule has 5 nitrogen and oxygen atoms in total. The molecule has 0 aliphatic rings. The molecule has 5 heteroatoms. The molecule has 3 aromatic rings. The van der Waals surface area contributed by atoms with E-state index in [4.69, 9.17) is 4.74 Å². The maximum Gasteiger partial charge on any atom is 0.357 e. The van der Waals surface area contributed by atoms with Gasteiger partial charge in [0.05, 0.1) is 6.10 Å². The van der Waals surface area contributed by atoms with Gasteiger partial charge in [0.15, 0.2) is 0 Å². The van der Waals surface area contributed by atoms with Gasteiger partial charge in [0.2, 0.25) is 5.78 Å². The Balaban J connectivity index is 1.95. The molecule has 0 aliphatic heterocycles. The van der Waals surface area contributed by atoms with Gasteiger partial charge in [-0.25, -0.2) is 9.78 Å². The molecule has 2 heterocycles. The average Bonchev–Trinajstić information content (AvgIpc) is 2.97. The van der Waals surface area contributed by atoms with Crippen molar-refractivity contribution in [3.8, 4) is 0 Å². The van der Waals surface area contributed by atoms with Gasteiger partial charge in [-0.3, -0.25) is 4.79 Å². The first-order valence-electron chi connectivity index (χ1n) is 7.35. The van der Waals surface area contributed by atoms with Gasteiger partial charge >= 0.3 is 5.97 Å². The van der Waals surface area contributed by atoms with Crippen LogP contribution in [0.15, 0.2) is 48.7 Å². The van der Waals surface area contributed by atoms with Crippen LogP contribution < -0.4 is 0 Å². The van der Waals surface area contributed by atoms with E-state index in [1.54, 1.807) is 32.2 Å². The van der Waals surface area contributed by atoms with Crippen LogP contribution in [0.1, 0.15) is 40.4 Å². The van der Waals surface area contributed by atoms with Gasteiger partial charge in [0.1, 0.15) is 11.4 Å². The second-order valence-electron chi connectivity index (χ2n) is 5.44. The molecule has 1 aromatic carbocycles. The number of hydrogen-bond acceptors (Lipinski definition) is 4. The van der Waals surface area contributed by atoms with Crippen LogP contribution in [0.2, 0.25) is 0 Å². The minimum absolute atomic E-state index is 0.129. The van der Waals surface area contributed by atoms with Gasteiger partial charge in [0.25, 0.3) is 0 Å². The Morgan fingerprint density at radius 3 is 2.57 bits per heavy atom. The summed E-state index contributed by atoms with van der Waals surface area (Å²) in [7, 11) is 0. The smallest absolute Gasteiger partial charge is 0.357 e. The number of fused-ring (bicyclic) bond motifs is 1. The summed E-state index contributed by atoms with van der Waals surface area (Å²) in [5.41, 5.74) is 1.76. The molecule has 0 saturated carbocycles. The highest BCUT2D eigenvalue weighted by Gasteiger charge is 2.18. The van der Waals surface area contributed by atoms with Crippen LogP contribution in [-0.4, -0.2) is 27.8 Å². The second-order valence-corrected chi connectivity index (χ2v) is 5.44. The number of aromatic nitrogens is 2. The number of nitrogens with zero attached hydrogens (tertiary/aromatic N) is 1. The second kappa shape index (κ2) is 6.04. The molecule has 23 heavy (non-hydrogen) atoms. The molecule has 0 radical (unpaired) electrons. The number of hydrogen-bond donors (Lipinski definition) is 1. The predicted molar refractivity (Wildman–Crippen MR) is 86.5 cm³/mol. The Hall–Kier alpha value is -2.95. The zero-order chi connectivity index (χ0) is 16.4. The van der Waals surface area contributed by atoms with Gasteiger partial charge in [-0.1, -0.05) is 24.3 Å². The molecule has 3 rings (SSSR count). The molecule has 116 valence electrons. The Morgan fingerprint density at radius 1 is 1.04 bits per heavy atom. The number of aromatic amines is 1. The standard InChI is InChI=1S/C18H16N2O3/c1-11(2)23-18(22)16-9-5-8-15(20-16)17(21)13-10-19-14-7-4-3-6-12(13)14/h3-11,19H,1-2H3. The normalized spacial score (nSPS) is 10.9. The lowest BCUT2D eigenvalue weighted by atomic mass is 10.1. The van der Waals surface area contributed by atoms with Crippen LogP contribution in [0.4, 0.5) is 0 Å². The summed E-state index contributed by atoms with van der Waals surface area (Å²) in [5, 5.41) is 0.828. The molecule has 0 aliphatic carbocycles. The Kier molecular flexibility index (Phi) is 3.93. The van der Waals surface area contributed by atoms with E-state index in [1.165, 1.54) is 6.07 Å². The number of carbonyl (C=O) groups is 2. The lowest BCUT2D eigenvalue weighted by Crippen LogP contribution is -2.15. The first-order valence-corrected chi connectivity index (χ1v) is 7.35. The zero-order valence-electron chi connectivity index (χ0n) is 12.9. The van der Waals surface area contributed by atoms with Gasteiger partial charge in [-0.05, 0) is 32.0 Å². The highest BCUT2D eigenvalue weighted by atomic mass is 16.5. The molecule has 0 fully saturated rings. The summed E-state index contributed by atoms with van der Waals surface area (Å²) in [4.78, 5) is 31.8. The molecule has 0 unspecified atom stereocenters. The van der Waals surface area contributed by atoms with Gasteiger partial charge in [-0.2, -0.15) is 0 Å². The van der Waals surface area contributed by atoms with E-state index >= 15 is 0 Å². The van der Waals surface area contributed by atoms with E-state index in [0.29, 0.717) is 5.56 Å². The van der Waals surface area contributed by atoms with Crippen molar-refractivity contribution in [2.45, 2.75) is 20.0 Å². The molecule has 0 atom stereocenters. The fourth-order valence-corrected chi connectivity index (χ4v) is 2.35. The number of ether oxygens (including phenoxy) is 1. The predicted octanol–water partition coefficient (Wildman–Crippen LogP) is 3.36. The summed E-state index contributed by atoms with van der Waals surface area (Å²) < 4.78 is 5.11. The van der Waals surface area contributed by atoms with Crippen LogP contribution in [0.25, 0.3) is 10.9 Å². The van der Waals surface area contributed by atoms with Crippen molar-refractivity contribution >= 4 is 22.7 Å². The van der Waals surface area contributed by atoms with Crippen molar-refractivity contribution in [1.82, 2.24) is 9.97 Å². The summed E-state index contributed by atoms with van der Waals surface area (Å²) in [6.45, 7) is 3.53. The number of ketones is 1. The lowest BCUT2D eigenvalue weighted by Gasteiger charge is -2.07. The number of benzene rings is 1. The number of esters is 1. The van der Waals surface area contributed by atoms with Crippen molar-refractivity contribution in [3.05, 3.63) is 65.6 Å². The number of nitrogens with one attached hydrogen (secondary N) is 1. The first-order chi connectivity index (χ1) is 11.1. The van der Waals surface area contributed by atoms with Crippen LogP contribution in [0.3, 0.4) is 0 Å². The minimum Gasteiger partial charge on any atom is -0.458 e. The van der Waals surface area contributed by atoms with Crippen molar-refractivity contribution in [2.75, 3.05) is 0 Å². The fraction of sp³-hybridized carbons (Fsp3) is 0.167. The summed E-state index contributed by atoms with van der Waals surface area (Å²) in [6.07, 6.45) is 1.42. The SMILES string of the molecule is CC(C)OC(=O)c1cccc(C(=O)c2c[nH]c3ccccc23)n1. The van der Waals surface area contributed by atoms with Crippen molar-refractivity contribution < 1.29 is 14.3 Å². The quantitative estimate of drug-likeness (QED) is 0.592. The van der Waals surface area contributed by atoms with Crippen molar-refractivity contribution in [2.24, 2.45) is 0 Å². The summed E-state index contributed by atoms with van der Waals surface area (Å²) >= 11 is 0. The molecule has 0 amide bonds. The number of rotatable bonds is 4. The molecule has 0 bridgehead atoms. The van der Waals surface area contributed by atoms with Crippen LogP contribution in [0.5, 0.6) is 0 Å². The topological polar surface area (TPSA) is 72.1 Å². The van der Waals surface area contributed by atoms with E-state index in [0.717, 1.165) is 10.9 Å². The van der Waals surface area contributed by atoms with Crippen molar-refractivity contribution in [3.63, 3.8) is 0 Å². The zero-order valence-corrected chi connectivity index (χ0v) is 12.9. The van der Waals surface area contributed by atoms with E-state index in [1.807, 2.05) is 24.3 Å². The summed E-state index contributed by atoms with van der Waals surface area (Å²) in [5.74, 6) is -0.768. The van der Waals surface area contributed by atoms with Gasteiger partial charge < -0.3 is 9.72 Å². The maximum atomic E-state index is 12.7. The Morgan fingerprint density at radius 2 is 1.78 bits per heavy atom. The van der Waals surface area contributed by atoms with E-state index in [-0.39, 0.29) is 23.3 Å². The lowest BCUT2D eigenvalue weighted by molar-refractivity contribution is 0.0371. The molecule has 2 aromatic heterocycles.